The van der Waals surface area contributed by atoms with Crippen LogP contribution in [-0.2, 0) is 0 Å². The van der Waals surface area contributed by atoms with Crippen LogP contribution in [-0.4, -0.2) is 35.4 Å². The van der Waals surface area contributed by atoms with E-state index in [9.17, 15) is 4.79 Å². The van der Waals surface area contributed by atoms with Crippen LogP contribution >= 0.6 is 11.6 Å². The molecule has 1 amide bonds. The maximum atomic E-state index is 11.7. The second-order valence-corrected chi connectivity index (χ2v) is 4.55. The van der Waals surface area contributed by atoms with Crippen LogP contribution in [0, 0.1) is 0 Å². The van der Waals surface area contributed by atoms with Crippen LogP contribution in [0.25, 0.3) is 0 Å². The van der Waals surface area contributed by atoms with E-state index in [1.807, 2.05) is 11.9 Å². The average molecular weight is 300 g/mol. The third kappa shape index (κ3) is 3.95. The number of guanidine groups is 1. The topological polar surface area (TPSA) is 137 Å². The summed E-state index contributed by atoms with van der Waals surface area (Å²) in [5, 5.41) is 0.0759. The van der Waals surface area contributed by atoms with Crippen molar-refractivity contribution in [1.29, 1.82) is 0 Å². The molecule has 1 heterocycles. The highest BCUT2D eigenvalue weighted by Gasteiger charge is 2.18. The Morgan fingerprint density at radius 3 is 2.60 bits per heavy atom. The molecule has 0 saturated heterocycles. The molecule has 0 radical (unpaired) electrons. The van der Waals surface area contributed by atoms with Crippen LogP contribution in [0.5, 0.6) is 0 Å². The molecule has 110 valence electrons. The number of nitrogens with two attached hydrogens (primary N) is 3. The first-order valence-electron chi connectivity index (χ1n) is 6.04. The monoisotopic (exact) mass is 299 g/mol. The fraction of sp³-hybridized carbons (Fsp3) is 0.455. The lowest BCUT2D eigenvalue weighted by Gasteiger charge is -2.19. The highest BCUT2D eigenvalue weighted by atomic mass is 35.5. The number of aliphatic imine (C=N–C) groups is 1. The van der Waals surface area contributed by atoms with Gasteiger partial charge in [-0.1, -0.05) is 24.9 Å². The number of unbranched alkanes of at least 4 members (excludes halogenated alkanes) is 1. The molecule has 0 fully saturated rings. The second-order valence-electron chi connectivity index (χ2n) is 4.19. The van der Waals surface area contributed by atoms with E-state index in [4.69, 9.17) is 28.8 Å². The van der Waals surface area contributed by atoms with E-state index in [1.54, 1.807) is 0 Å². The molecule has 0 aliphatic carbocycles. The third-order valence-corrected chi connectivity index (χ3v) is 2.76. The zero-order valence-corrected chi connectivity index (χ0v) is 12.2. The summed E-state index contributed by atoms with van der Waals surface area (Å²) in [6.07, 6.45) is 2.01. The van der Waals surface area contributed by atoms with Crippen LogP contribution in [0.4, 0.5) is 11.6 Å². The molecule has 9 heteroatoms. The van der Waals surface area contributed by atoms with Crippen molar-refractivity contribution in [2.24, 2.45) is 16.5 Å². The molecule has 0 aliphatic heterocycles. The minimum absolute atomic E-state index is 0.0669. The lowest BCUT2D eigenvalue weighted by Crippen LogP contribution is -2.25. The molecule has 8 nitrogen and oxygen atoms in total. The second kappa shape index (κ2) is 6.90. The number of anilines is 2. The highest BCUT2D eigenvalue weighted by Crippen LogP contribution is 2.24. The van der Waals surface area contributed by atoms with Crippen LogP contribution in [0.1, 0.15) is 30.3 Å². The van der Waals surface area contributed by atoms with Crippen molar-refractivity contribution in [3.63, 3.8) is 0 Å². The lowest BCUT2D eigenvalue weighted by atomic mass is 10.3. The standard InChI is InChI=1S/C11H18ClN7O/c1-3-4-5-19(2)9-7(12)16-6(8(13)17-9)10(20)18-11(14)15/h3-5H2,1-2H3,(H2,13,17)(H4,14,15,18,20). The number of hydrogen-bond acceptors (Lipinski definition) is 5. The van der Waals surface area contributed by atoms with Gasteiger partial charge in [-0.3, -0.25) is 4.79 Å². The van der Waals surface area contributed by atoms with Crippen molar-refractivity contribution in [3.05, 3.63) is 10.8 Å². The van der Waals surface area contributed by atoms with E-state index in [0.717, 1.165) is 19.4 Å². The molecule has 0 aliphatic rings. The zero-order chi connectivity index (χ0) is 15.3. The molecule has 6 N–H and O–H groups in total. The van der Waals surface area contributed by atoms with Crippen LogP contribution in [0.2, 0.25) is 5.15 Å². The largest absolute Gasteiger partial charge is 0.382 e. The first-order valence-corrected chi connectivity index (χ1v) is 6.42. The maximum absolute atomic E-state index is 11.7. The van der Waals surface area contributed by atoms with Crippen molar-refractivity contribution >= 4 is 35.1 Å². The average Bonchev–Trinajstić information content (AvgIpc) is 2.37. The van der Waals surface area contributed by atoms with E-state index >= 15 is 0 Å². The van der Waals surface area contributed by atoms with Crippen LogP contribution in [0.3, 0.4) is 0 Å². The maximum Gasteiger partial charge on any atom is 0.302 e. The van der Waals surface area contributed by atoms with Gasteiger partial charge in [0.15, 0.2) is 28.4 Å². The predicted octanol–water partition coefficient (Wildman–Crippen LogP) is 0.362. The van der Waals surface area contributed by atoms with Gasteiger partial charge in [-0.25, -0.2) is 9.97 Å². The molecule has 0 aromatic carbocycles. The number of rotatable bonds is 5. The van der Waals surface area contributed by atoms with Gasteiger partial charge in [-0.05, 0) is 6.42 Å². The summed E-state index contributed by atoms with van der Waals surface area (Å²) in [5.41, 5.74) is 15.8. The molecular formula is C11H18ClN7O. The van der Waals surface area contributed by atoms with Gasteiger partial charge in [0.2, 0.25) is 0 Å². The number of hydrogen-bond donors (Lipinski definition) is 3. The molecule has 1 aromatic heterocycles. The quantitative estimate of drug-likeness (QED) is 0.527. The number of halogens is 1. The summed E-state index contributed by atoms with van der Waals surface area (Å²) in [7, 11) is 1.82. The van der Waals surface area contributed by atoms with Crippen LogP contribution < -0.4 is 22.1 Å². The van der Waals surface area contributed by atoms with Gasteiger partial charge in [0.05, 0.1) is 0 Å². The van der Waals surface area contributed by atoms with Crippen molar-refractivity contribution < 1.29 is 4.79 Å². The Kier molecular flexibility index (Phi) is 5.51. The minimum atomic E-state index is -0.778. The molecule has 0 unspecified atom stereocenters. The Labute approximate surface area is 122 Å². The lowest BCUT2D eigenvalue weighted by molar-refractivity contribution is 0.0998. The van der Waals surface area contributed by atoms with Gasteiger partial charge in [0.1, 0.15) is 0 Å². The minimum Gasteiger partial charge on any atom is -0.382 e. The summed E-state index contributed by atoms with van der Waals surface area (Å²) < 4.78 is 0. The first-order chi connectivity index (χ1) is 9.36. The van der Waals surface area contributed by atoms with E-state index in [0.29, 0.717) is 5.82 Å². The number of carbonyl (C=O) groups is 1. The predicted molar refractivity (Wildman–Crippen MR) is 79.8 cm³/mol. The van der Waals surface area contributed by atoms with Crippen molar-refractivity contribution in [2.45, 2.75) is 19.8 Å². The normalized spacial score (nSPS) is 10.2. The third-order valence-electron chi connectivity index (χ3n) is 2.51. The Balaban J connectivity index is 3.08. The first kappa shape index (κ1) is 16.0. The van der Waals surface area contributed by atoms with Crippen molar-refractivity contribution in [3.8, 4) is 0 Å². The Morgan fingerprint density at radius 2 is 2.05 bits per heavy atom. The van der Waals surface area contributed by atoms with Crippen molar-refractivity contribution in [1.82, 2.24) is 9.97 Å². The number of nitrogen functional groups attached to an aromatic ring is 1. The smallest absolute Gasteiger partial charge is 0.302 e. The molecule has 0 spiro atoms. The molecular weight excluding hydrogens is 282 g/mol. The van der Waals surface area contributed by atoms with E-state index in [1.165, 1.54) is 0 Å². The van der Waals surface area contributed by atoms with Gasteiger partial charge in [-0.2, -0.15) is 4.99 Å². The van der Waals surface area contributed by atoms with Gasteiger partial charge in [0.25, 0.3) is 0 Å². The number of amides is 1. The number of carbonyl (C=O) groups excluding carboxylic acids is 1. The summed E-state index contributed by atoms with van der Waals surface area (Å²) >= 11 is 6.02. The zero-order valence-electron chi connectivity index (χ0n) is 11.4. The van der Waals surface area contributed by atoms with E-state index in [2.05, 4.69) is 21.9 Å². The highest BCUT2D eigenvalue weighted by molar-refractivity contribution is 6.32. The summed E-state index contributed by atoms with van der Waals surface area (Å²) in [6, 6.07) is 0. The molecule has 1 aromatic rings. The Bertz CT molecular complexity index is 528. The Morgan fingerprint density at radius 1 is 1.40 bits per heavy atom. The van der Waals surface area contributed by atoms with Gasteiger partial charge < -0.3 is 22.1 Å². The summed E-state index contributed by atoms with van der Waals surface area (Å²) in [6.45, 7) is 2.83. The van der Waals surface area contributed by atoms with Crippen molar-refractivity contribution in [2.75, 3.05) is 24.2 Å². The fourth-order valence-electron chi connectivity index (χ4n) is 1.49. The van der Waals surface area contributed by atoms with Gasteiger partial charge in [-0.15, -0.1) is 0 Å². The summed E-state index contributed by atoms with van der Waals surface area (Å²) in [4.78, 5) is 24.9. The molecule has 0 atom stereocenters. The van der Waals surface area contributed by atoms with Gasteiger partial charge in [0, 0.05) is 13.6 Å². The Hall–Kier alpha value is -2.09. The molecule has 1 rings (SSSR count). The molecule has 0 saturated carbocycles. The molecule has 20 heavy (non-hydrogen) atoms. The fourth-order valence-corrected chi connectivity index (χ4v) is 1.76. The van der Waals surface area contributed by atoms with E-state index < -0.39 is 5.91 Å². The SMILES string of the molecule is CCCCN(C)c1nc(N)c(C(=O)N=C(N)N)nc1Cl. The van der Waals surface area contributed by atoms with Crippen LogP contribution in [0.15, 0.2) is 4.99 Å². The van der Waals surface area contributed by atoms with E-state index in [-0.39, 0.29) is 22.6 Å². The number of nitrogens with zero attached hydrogens (tertiary/aromatic N) is 4. The van der Waals surface area contributed by atoms with Gasteiger partial charge >= 0.3 is 5.91 Å². The summed E-state index contributed by atoms with van der Waals surface area (Å²) in [5.74, 6) is -0.808. The molecule has 0 bridgehead atoms. The number of aromatic nitrogens is 2.